The summed E-state index contributed by atoms with van der Waals surface area (Å²) >= 11 is 0. The van der Waals surface area contributed by atoms with Crippen molar-refractivity contribution in [1.82, 2.24) is 15.6 Å². The molecule has 2 N–H and O–H groups in total. The topological polar surface area (TPSA) is 72.5 Å². The van der Waals surface area contributed by atoms with Crippen LogP contribution in [0.3, 0.4) is 0 Å². The van der Waals surface area contributed by atoms with Crippen molar-refractivity contribution in [2.24, 2.45) is 0 Å². The van der Waals surface area contributed by atoms with Crippen molar-refractivity contribution >= 4 is 6.03 Å². The molecule has 1 saturated heterocycles. The lowest BCUT2D eigenvalue weighted by atomic mass is 10.3. The molecule has 6 nitrogen and oxygen atoms in total. The highest BCUT2D eigenvalue weighted by Gasteiger charge is 2.32. The van der Waals surface area contributed by atoms with Gasteiger partial charge in [0.05, 0.1) is 6.61 Å². The summed E-state index contributed by atoms with van der Waals surface area (Å²) in [6.45, 7) is 5.12. The predicted molar refractivity (Wildman–Crippen MR) is 69.4 cm³/mol. The molecule has 2 rings (SSSR count). The summed E-state index contributed by atoms with van der Waals surface area (Å²) in [5, 5.41) is 5.53. The quantitative estimate of drug-likeness (QED) is 0.853. The summed E-state index contributed by atoms with van der Waals surface area (Å²) in [4.78, 5) is 15.5. The Labute approximate surface area is 112 Å². The maximum atomic E-state index is 11.6. The smallest absolute Gasteiger partial charge is 0.315 e. The van der Waals surface area contributed by atoms with E-state index in [1.165, 1.54) is 0 Å². The molecule has 0 spiro atoms. The summed E-state index contributed by atoms with van der Waals surface area (Å²) in [7, 11) is 0. The van der Waals surface area contributed by atoms with E-state index >= 15 is 0 Å². The van der Waals surface area contributed by atoms with E-state index in [4.69, 9.17) is 9.47 Å². The van der Waals surface area contributed by atoms with E-state index in [9.17, 15) is 4.79 Å². The van der Waals surface area contributed by atoms with Crippen molar-refractivity contribution in [3.8, 4) is 0 Å². The van der Waals surface area contributed by atoms with Crippen LogP contribution in [0.1, 0.15) is 19.4 Å². The van der Waals surface area contributed by atoms with E-state index in [1.807, 2.05) is 26.0 Å². The SMILES string of the molecule is CC1(C)OC[C@@H](CNC(=O)NCc2ccncc2)O1. The number of hydrogen-bond acceptors (Lipinski definition) is 4. The number of nitrogens with zero attached hydrogens (tertiary/aromatic N) is 1. The number of carbonyl (C=O) groups excluding carboxylic acids is 1. The van der Waals surface area contributed by atoms with E-state index in [2.05, 4.69) is 15.6 Å². The van der Waals surface area contributed by atoms with E-state index in [-0.39, 0.29) is 12.1 Å². The lowest BCUT2D eigenvalue weighted by Crippen LogP contribution is -2.40. The number of hydrogen-bond donors (Lipinski definition) is 2. The first kappa shape index (κ1) is 13.8. The van der Waals surface area contributed by atoms with Crippen LogP contribution >= 0.6 is 0 Å². The Balaban J connectivity index is 1.65. The third-order valence-electron chi connectivity index (χ3n) is 2.76. The Morgan fingerprint density at radius 2 is 2.16 bits per heavy atom. The van der Waals surface area contributed by atoms with Crippen molar-refractivity contribution in [3.05, 3.63) is 30.1 Å². The predicted octanol–water partition coefficient (Wildman–Crippen LogP) is 1.03. The minimum absolute atomic E-state index is 0.0957. The van der Waals surface area contributed by atoms with Gasteiger partial charge in [-0.2, -0.15) is 0 Å². The molecule has 1 aliphatic rings. The average Bonchev–Trinajstić information content (AvgIpc) is 2.75. The molecule has 0 aliphatic carbocycles. The van der Waals surface area contributed by atoms with Crippen molar-refractivity contribution in [3.63, 3.8) is 0 Å². The molecule has 6 heteroatoms. The highest BCUT2D eigenvalue weighted by atomic mass is 16.7. The first-order valence-electron chi connectivity index (χ1n) is 6.27. The van der Waals surface area contributed by atoms with Gasteiger partial charge in [0.25, 0.3) is 0 Å². The van der Waals surface area contributed by atoms with E-state index in [0.717, 1.165) is 5.56 Å². The Morgan fingerprint density at radius 1 is 1.42 bits per heavy atom. The number of pyridine rings is 1. The minimum atomic E-state index is -0.556. The molecule has 0 unspecified atom stereocenters. The second-order valence-corrected chi connectivity index (χ2v) is 4.87. The van der Waals surface area contributed by atoms with Gasteiger partial charge in [-0.25, -0.2) is 4.79 Å². The number of ether oxygens (including phenoxy) is 2. The van der Waals surface area contributed by atoms with Gasteiger partial charge in [0.15, 0.2) is 5.79 Å². The summed E-state index contributed by atoms with van der Waals surface area (Å²) in [5.74, 6) is -0.556. The molecular formula is C13H19N3O3. The van der Waals surface area contributed by atoms with Crippen LogP contribution in [0.2, 0.25) is 0 Å². The van der Waals surface area contributed by atoms with Crippen molar-refractivity contribution in [1.29, 1.82) is 0 Å². The summed E-state index contributed by atoms with van der Waals surface area (Å²) in [6, 6.07) is 3.50. The number of nitrogens with one attached hydrogen (secondary N) is 2. The first-order valence-corrected chi connectivity index (χ1v) is 6.27. The molecule has 19 heavy (non-hydrogen) atoms. The number of amides is 2. The van der Waals surface area contributed by atoms with Crippen LogP contribution < -0.4 is 10.6 Å². The van der Waals surface area contributed by atoms with E-state index in [1.54, 1.807) is 12.4 Å². The molecule has 1 aliphatic heterocycles. The van der Waals surface area contributed by atoms with Gasteiger partial charge in [0.1, 0.15) is 6.10 Å². The van der Waals surface area contributed by atoms with E-state index in [0.29, 0.717) is 19.7 Å². The molecule has 1 fully saturated rings. The van der Waals surface area contributed by atoms with Gasteiger partial charge in [0.2, 0.25) is 0 Å². The Morgan fingerprint density at radius 3 is 2.79 bits per heavy atom. The fourth-order valence-corrected chi connectivity index (χ4v) is 1.82. The van der Waals surface area contributed by atoms with Gasteiger partial charge < -0.3 is 20.1 Å². The van der Waals surface area contributed by atoms with E-state index < -0.39 is 5.79 Å². The van der Waals surface area contributed by atoms with Gasteiger partial charge in [-0.15, -0.1) is 0 Å². The summed E-state index contributed by atoms with van der Waals surface area (Å²) < 4.78 is 11.0. The molecule has 1 atom stereocenters. The number of aromatic nitrogens is 1. The maximum absolute atomic E-state index is 11.6. The molecule has 1 aromatic rings. The third kappa shape index (κ3) is 4.50. The number of carbonyl (C=O) groups is 1. The zero-order valence-corrected chi connectivity index (χ0v) is 11.2. The van der Waals surface area contributed by atoms with Crippen LogP contribution in [0.4, 0.5) is 4.79 Å². The summed E-state index contributed by atoms with van der Waals surface area (Å²) in [6.07, 6.45) is 3.29. The standard InChI is InChI=1S/C13H19N3O3/c1-13(2)18-9-11(19-13)8-16-12(17)15-7-10-3-5-14-6-4-10/h3-6,11H,7-9H2,1-2H3,(H2,15,16,17)/t11-/m1/s1. The lowest BCUT2D eigenvalue weighted by Gasteiger charge is -2.17. The van der Waals surface area contributed by atoms with Crippen molar-refractivity contribution in [2.45, 2.75) is 32.3 Å². The zero-order valence-electron chi connectivity index (χ0n) is 11.2. The molecule has 0 bridgehead atoms. The zero-order chi connectivity index (χ0) is 13.7. The Kier molecular flexibility index (Phi) is 4.34. The van der Waals surface area contributed by atoms with Crippen LogP contribution in [0.5, 0.6) is 0 Å². The normalized spacial score (nSPS) is 21.1. The second kappa shape index (κ2) is 5.99. The van der Waals surface area contributed by atoms with Crippen molar-refractivity contribution < 1.29 is 14.3 Å². The minimum Gasteiger partial charge on any atom is -0.348 e. The maximum Gasteiger partial charge on any atom is 0.315 e. The summed E-state index contributed by atoms with van der Waals surface area (Å²) in [5.41, 5.74) is 1.01. The van der Waals surface area contributed by atoms with Gasteiger partial charge in [-0.1, -0.05) is 0 Å². The van der Waals surface area contributed by atoms with Crippen molar-refractivity contribution in [2.75, 3.05) is 13.2 Å². The highest BCUT2D eigenvalue weighted by molar-refractivity contribution is 5.73. The molecule has 104 valence electrons. The van der Waals surface area contributed by atoms with Crippen LogP contribution in [0.25, 0.3) is 0 Å². The largest absolute Gasteiger partial charge is 0.348 e. The lowest BCUT2D eigenvalue weighted by molar-refractivity contribution is -0.137. The molecule has 0 saturated carbocycles. The first-order chi connectivity index (χ1) is 9.05. The van der Waals surface area contributed by atoms with Gasteiger partial charge in [0, 0.05) is 25.5 Å². The molecule has 1 aromatic heterocycles. The molecular weight excluding hydrogens is 246 g/mol. The fourth-order valence-electron chi connectivity index (χ4n) is 1.82. The Bertz CT molecular complexity index is 422. The van der Waals surface area contributed by atoms with Gasteiger partial charge in [-0.3, -0.25) is 4.98 Å². The van der Waals surface area contributed by atoms with Crippen LogP contribution in [0.15, 0.2) is 24.5 Å². The molecule has 2 heterocycles. The fraction of sp³-hybridized carbons (Fsp3) is 0.538. The van der Waals surface area contributed by atoms with Crippen LogP contribution in [0, 0.1) is 0 Å². The van der Waals surface area contributed by atoms with Crippen LogP contribution in [-0.4, -0.2) is 36.1 Å². The number of urea groups is 1. The van der Waals surface area contributed by atoms with Gasteiger partial charge >= 0.3 is 6.03 Å². The second-order valence-electron chi connectivity index (χ2n) is 4.87. The monoisotopic (exact) mass is 265 g/mol. The Hall–Kier alpha value is -1.66. The molecule has 2 amide bonds. The van der Waals surface area contributed by atoms with Gasteiger partial charge in [-0.05, 0) is 31.5 Å². The average molecular weight is 265 g/mol. The van der Waals surface area contributed by atoms with Crippen LogP contribution in [-0.2, 0) is 16.0 Å². The highest BCUT2D eigenvalue weighted by Crippen LogP contribution is 2.21. The molecule has 0 aromatic carbocycles. The number of rotatable bonds is 4. The third-order valence-corrected chi connectivity index (χ3v) is 2.76. The molecule has 0 radical (unpaired) electrons.